The Morgan fingerprint density at radius 1 is 1.02 bits per heavy atom. The number of hydrogen-bond acceptors (Lipinski definition) is 6. The summed E-state index contributed by atoms with van der Waals surface area (Å²) in [6, 6.07) is 20.4. The number of carbonyl (C=O) groups is 2. The highest BCUT2D eigenvalue weighted by Gasteiger charge is 2.31. The van der Waals surface area contributed by atoms with E-state index in [9.17, 15) is 9.59 Å². The molecule has 1 unspecified atom stereocenters. The molecule has 0 N–H and O–H groups in total. The first kappa shape index (κ1) is 29.0. The summed E-state index contributed by atoms with van der Waals surface area (Å²) in [5.41, 5.74) is 3.29. The van der Waals surface area contributed by atoms with Gasteiger partial charge < -0.3 is 14.5 Å². The molecular weight excluding hydrogens is 581 g/mol. The third-order valence-corrected chi connectivity index (χ3v) is 8.44. The number of thioether (sulfide) groups is 1. The minimum absolute atomic E-state index is 0.0279. The van der Waals surface area contributed by atoms with Gasteiger partial charge in [-0.1, -0.05) is 64.8 Å². The Labute approximate surface area is 253 Å². The maximum absolute atomic E-state index is 13.3. The normalized spacial score (nSPS) is 15.2. The van der Waals surface area contributed by atoms with Crippen molar-refractivity contribution in [1.29, 1.82) is 0 Å². The monoisotopic (exact) mass is 609 g/mol. The molecule has 0 radical (unpaired) electrons. The van der Waals surface area contributed by atoms with Crippen LogP contribution in [-0.4, -0.2) is 74.9 Å². The first-order valence-corrected chi connectivity index (χ1v) is 14.8. The molecule has 212 valence electrons. The van der Waals surface area contributed by atoms with E-state index >= 15 is 0 Å². The second-order valence-electron chi connectivity index (χ2n) is 9.81. The number of amides is 2. The van der Waals surface area contributed by atoms with Crippen LogP contribution < -0.4 is 4.74 Å². The van der Waals surface area contributed by atoms with Crippen LogP contribution in [0.1, 0.15) is 22.8 Å². The van der Waals surface area contributed by atoms with Crippen LogP contribution in [0.5, 0.6) is 5.75 Å². The molecule has 41 heavy (non-hydrogen) atoms. The number of nitrogens with zero attached hydrogens (tertiary/aromatic N) is 5. The highest BCUT2D eigenvalue weighted by atomic mass is 35.5. The molecule has 1 fully saturated rings. The summed E-state index contributed by atoms with van der Waals surface area (Å²) in [6.45, 7) is 5.24. The zero-order valence-electron chi connectivity index (χ0n) is 22.9. The molecule has 2 amide bonds. The molecule has 4 aromatic rings. The molecule has 1 aliphatic heterocycles. The Morgan fingerprint density at radius 3 is 2.51 bits per heavy atom. The third kappa shape index (κ3) is 6.37. The largest absolute Gasteiger partial charge is 0.497 e. The molecule has 3 aromatic carbocycles. The molecule has 2 heterocycles. The van der Waals surface area contributed by atoms with Crippen LogP contribution >= 0.6 is 35.0 Å². The van der Waals surface area contributed by atoms with Gasteiger partial charge in [0, 0.05) is 41.9 Å². The van der Waals surface area contributed by atoms with E-state index in [0.29, 0.717) is 46.2 Å². The minimum Gasteiger partial charge on any atom is -0.497 e. The first-order valence-electron chi connectivity index (χ1n) is 13.1. The lowest BCUT2D eigenvalue weighted by molar-refractivity contribution is -0.130. The third-order valence-electron chi connectivity index (χ3n) is 6.98. The average molecular weight is 611 g/mol. The molecule has 5 rings (SSSR count). The van der Waals surface area contributed by atoms with E-state index in [0.717, 1.165) is 22.6 Å². The van der Waals surface area contributed by atoms with E-state index < -0.39 is 0 Å². The number of aromatic nitrogens is 3. The van der Waals surface area contributed by atoms with Crippen molar-refractivity contribution in [2.75, 3.05) is 32.5 Å². The molecular formula is C30H29Cl2N5O3S. The maximum Gasteiger partial charge on any atom is 0.255 e. The Bertz CT molecular complexity index is 1580. The molecule has 0 spiro atoms. The van der Waals surface area contributed by atoms with Crippen LogP contribution in [0.2, 0.25) is 10.0 Å². The van der Waals surface area contributed by atoms with Gasteiger partial charge in [-0.2, -0.15) is 0 Å². The topological polar surface area (TPSA) is 80.6 Å². The van der Waals surface area contributed by atoms with Gasteiger partial charge in [0.05, 0.1) is 23.4 Å². The van der Waals surface area contributed by atoms with Gasteiger partial charge in [0.25, 0.3) is 5.91 Å². The number of methoxy groups -OCH3 is 1. The lowest BCUT2D eigenvalue weighted by atomic mass is 10.1. The van der Waals surface area contributed by atoms with Crippen molar-refractivity contribution in [2.45, 2.75) is 25.0 Å². The summed E-state index contributed by atoms with van der Waals surface area (Å²) >= 11 is 13.6. The van der Waals surface area contributed by atoms with Crippen LogP contribution in [0.4, 0.5) is 0 Å². The summed E-state index contributed by atoms with van der Waals surface area (Å²) in [7, 11) is 1.63. The number of benzene rings is 3. The molecule has 11 heteroatoms. The average Bonchev–Trinajstić information content (AvgIpc) is 3.40. The Morgan fingerprint density at radius 2 is 1.80 bits per heavy atom. The van der Waals surface area contributed by atoms with Crippen LogP contribution in [0, 0.1) is 6.92 Å². The summed E-state index contributed by atoms with van der Waals surface area (Å²) in [4.78, 5) is 30.0. The first-order chi connectivity index (χ1) is 19.7. The second kappa shape index (κ2) is 12.5. The zero-order valence-corrected chi connectivity index (χ0v) is 25.2. The summed E-state index contributed by atoms with van der Waals surface area (Å²) in [6.07, 6.45) is 0. The minimum atomic E-state index is -0.173. The second-order valence-corrected chi connectivity index (χ2v) is 11.6. The summed E-state index contributed by atoms with van der Waals surface area (Å²) in [5, 5.41) is 10.3. The Balaban J connectivity index is 1.30. The number of carbonyl (C=O) groups excluding carboxylic acids is 2. The molecule has 0 saturated carbocycles. The van der Waals surface area contributed by atoms with Crippen molar-refractivity contribution in [3.63, 3.8) is 0 Å². The van der Waals surface area contributed by atoms with Crippen LogP contribution in [0.15, 0.2) is 71.9 Å². The summed E-state index contributed by atoms with van der Waals surface area (Å²) in [5.74, 6) is 1.36. The van der Waals surface area contributed by atoms with Crippen LogP contribution in [0.25, 0.3) is 17.1 Å². The summed E-state index contributed by atoms with van der Waals surface area (Å²) < 4.78 is 7.37. The lowest BCUT2D eigenvalue weighted by Gasteiger charge is -2.40. The zero-order chi connectivity index (χ0) is 29.1. The number of rotatable bonds is 7. The SMILES string of the molecule is COc1cccc(-c2nnc(SCC(=O)N3CCN(C(=O)c4ccc(Cl)cc4Cl)C(C)C3)n2-c2ccc(C)cc2)c1. The van der Waals surface area contributed by atoms with Gasteiger partial charge in [0.15, 0.2) is 11.0 Å². The highest BCUT2D eigenvalue weighted by Crippen LogP contribution is 2.30. The van der Waals surface area contributed by atoms with Crippen molar-refractivity contribution < 1.29 is 14.3 Å². The van der Waals surface area contributed by atoms with E-state index in [1.807, 2.05) is 66.9 Å². The fourth-order valence-electron chi connectivity index (χ4n) is 4.76. The van der Waals surface area contributed by atoms with Crippen molar-refractivity contribution in [3.05, 3.63) is 87.9 Å². The van der Waals surface area contributed by atoms with Gasteiger partial charge in [-0.25, -0.2) is 0 Å². The molecule has 0 bridgehead atoms. The number of hydrogen-bond donors (Lipinski definition) is 0. The molecule has 8 nitrogen and oxygen atoms in total. The van der Waals surface area contributed by atoms with Gasteiger partial charge in [-0.05, 0) is 56.3 Å². The van der Waals surface area contributed by atoms with Gasteiger partial charge in [0.1, 0.15) is 5.75 Å². The predicted octanol–water partition coefficient (Wildman–Crippen LogP) is 6.02. The quantitative estimate of drug-likeness (QED) is 0.238. The fraction of sp³-hybridized carbons (Fsp3) is 0.267. The molecule has 1 atom stereocenters. The van der Waals surface area contributed by atoms with Gasteiger partial charge in [0.2, 0.25) is 5.91 Å². The van der Waals surface area contributed by atoms with Crippen molar-refractivity contribution in [2.24, 2.45) is 0 Å². The van der Waals surface area contributed by atoms with Gasteiger partial charge in [-0.3, -0.25) is 14.2 Å². The van der Waals surface area contributed by atoms with E-state index in [-0.39, 0.29) is 23.6 Å². The lowest BCUT2D eigenvalue weighted by Crippen LogP contribution is -2.55. The smallest absolute Gasteiger partial charge is 0.255 e. The van der Waals surface area contributed by atoms with E-state index in [4.69, 9.17) is 27.9 Å². The van der Waals surface area contributed by atoms with E-state index in [2.05, 4.69) is 10.2 Å². The van der Waals surface area contributed by atoms with Gasteiger partial charge in [-0.15, -0.1) is 10.2 Å². The maximum atomic E-state index is 13.3. The van der Waals surface area contributed by atoms with Crippen LogP contribution in [-0.2, 0) is 4.79 Å². The molecule has 0 aliphatic carbocycles. The number of aryl methyl sites for hydroxylation is 1. The molecule has 1 aliphatic rings. The van der Waals surface area contributed by atoms with Crippen LogP contribution in [0.3, 0.4) is 0 Å². The van der Waals surface area contributed by atoms with Gasteiger partial charge >= 0.3 is 0 Å². The Kier molecular flexibility index (Phi) is 8.87. The number of halogens is 2. The number of ether oxygens (including phenoxy) is 1. The molecule has 1 aromatic heterocycles. The van der Waals surface area contributed by atoms with Crippen molar-refractivity contribution in [1.82, 2.24) is 24.6 Å². The Hall–Kier alpha value is -3.53. The van der Waals surface area contributed by atoms with E-state index in [1.165, 1.54) is 11.8 Å². The highest BCUT2D eigenvalue weighted by molar-refractivity contribution is 7.99. The predicted molar refractivity (Wildman–Crippen MR) is 162 cm³/mol. The van der Waals surface area contributed by atoms with Crippen molar-refractivity contribution >= 4 is 46.8 Å². The standard InChI is InChI=1S/C30H29Cl2N5O3S/c1-19-7-10-23(11-8-19)37-28(21-5-4-6-24(15-21)40-3)33-34-30(37)41-18-27(38)35-13-14-36(20(2)17-35)29(39)25-12-9-22(31)16-26(25)32/h4-12,15-16,20H,13-14,17-18H2,1-3H3. The fourth-order valence-corrected chi connectivity index (χ4v) is 6.10. The van der Waals surface area contributed by atoms with Crippen molar-refractivity contribution in [3.8, 4) is 22.8 Å². The molecule has 1 saturated heterocycles. The number of piperazine rings is 1. The van der Waals surface area contributed by atoms with E-state index in [1.54, 1.807) is 35.1 Å².